The van der Waals surface area contributed by atoms with Crippen molar-refractivity contribution in [1.82, 2.24) is 14.9 Å². The number of anilines is 1. The molecular weight excluding hydrogens is 236 g/mol. The Balaban J connectivity index is 0.000000861. The first-order valence-corrected chi connectivity index (χ1v) is 7.54. The molecule has 4 nitrogen and oxygen atoms in total. The van der Waals surface area contributed by atoms with Gasteiger partial charge in [0.15, 0.2) is 0 Å². The first kappa shape index (κ1) is 15.9. The average Bonchev–Trinajstić information content (AvgIpc) is 2.49. The van der Waals surface area contributed by atoms with Crippen molar-refractivity contribution in [3.05, 3.63) is 17.5 Å². The first-order valence-electron chi connectivity index (χ1n) is 7.54. The van der Waals surface area contributed by atoms with Gasteiger partial charge in [-0.2, -0.15) is 0 Å². The Morgan fingerprint density at radius 1 is 1.11 bits per heavy atom. The fourth-order valence-electron chi connectivity index (χ4n) is 2.24. The summed E-state index contributed by atoms with van der Waals surface area (Å²) in [7, 11) is 0. The SMILES string of the molecule is CC.CCc1cnc(N2CCN(CC)CC2)nc1C. The van der Waals surface area contributed by atoms with Gasteiger partial charge >= 0.3 is 0 Å². The maximum atomic E-state index is 4.61. The van der Waals surface area contributed by atoms with Crippen LogP contribution in [0.15, 0.2) is 6.20 Å². The van der Waals surface area contributed by atoms with E-state index in [9.17, 15) is 0 Å². The normalized spacial score (nSPS) is 15.9. The quantitative estimate of drug-likeness (QED) is 0.839. The third-order valence-corrected chi connectivity index (χ3v) is 3.55. The van der Waals surface area contributed by atoms with Gasteiger partial charge < -0.3 is 9.80 Å². The molecule has 0 aliphatic carbocycles. The topological polar surface area (TPSA) is 32.3 Å². The second-order valence-corrected chi connectivity index (χ2v) is 4.56. The van der Waals surface area contributed by atoms with Crippen LogP contribution in [0.4, 0.5) is 5.95 Å². The summed E-state index contributed by atoms with van der Waals surface area (Å²) in [6.45, 7) is 15.9. The molecule has 2 heterocycles. The van der Waals surface area contributed by atoms with Gasteiger partial charge in [0.25, 0.3) is 0 Å². The van der Waals surface area contributed by atoms with E-state index in [1.807, 2.05) is 20.0 Å². The predicted molar refractivity (Wildman–Crippen MR) is 81.8 cm³/mol. The van der Waals surface area contributed by atoms with Gasteiger partial charge in [-0.15, -0.1) is 0 Å². The minimum absolute atomic E-state index is 0.899. The molecule has 0 aromatic carbocycles. The Kier molecular flexibility index (Phi) is 6.78. The van der Waals surface area contributed by atoms with Crippen molar-refractivity contribution in [2.75, 3.05) is 37.6 Å². The molecule has 1 aromatic heterocycles. The number of aryl methyl sites for hydroxylation is 2. The highest BCUT2D eigenvalue weighted by Gasteiger charge is 2.17. The van der Waals surface area contributed by atoms with Crippen molar-refractivity contribution in [3.8, 4) is 0 Å². The summed E-state index contributed by atoms with van der Waals surface area (Å²) in [5, 5.41) is 0. The molecule has 19 heavy (non-hydrogen) atoms. The van der Waals surface area contributed by atoms with Crippen LogP contribution in [-0.2, 0) is 6.42 Å². The van der Waals surface area contributed by atoms with Gasteiger partial charge in [0.2, 0.25) is 5.95 Å². The highest BCUT2D eigenvalue weighted by Crippen LogP contribution is 2.13. The van der Waals surface area contributed by atoms with Gasteiger partial charge in [-0.05, 0) is 25.5 Å². The van der Waals surface area contributed by atoms with Crippen molar-refractivity contribution < 1.29 is 0 Å². The van der Waals surface area contributed by atoms with E-state index in [0.717, 1.165) is 50.8 Å². The molecule has 4 heteroatoms. The van der Waals surface area contributed by atoms with Crippen LogP contribution in [0, 0.1) is 6.92 Å². The number of nitrogens with zero attached hydrogens (tertiary/aromatic N) is 4. The molecule has 0 saturated carbocycles. The predicted octanol–water partition coefficient (Wildman–Crippen LogP) is 2.52. The van der Waals surface area contributed by atoms with Gasteiger partial charge in [0, 0.05) is 38.1 Å². The lowest BCUT2D eigenvalue weighted by Crippen LogP contribution is -2.46. The highest BCUT2D eigenvalue weighted by atomic mass is 15.3. The lowest BCUT2D eigenvalue weighted by molar-refractivity contribution is 0.270. The van der Waals surface area contributed by atoms with Crippen LogP contribution < -0.4 is 4.90 Å². The van der Waals surface area contributed by atoms with Crippen LogP contribution in [0.5, 0.6) is 0 Å². The summed E-state index contributed by atoms with van der Waals surface area (Å²) >= 11 is 0. The van der Waals surface area contributed by atoms with Crippen LogP contribution >= 0.6 is 0 Å². The molecule has 0 atom stereocenters. The van der Waals surface area contributed by atoms with E-state index >= 15 is 0 Å². The molecule has 2 rings (SSSR count). The lowest BCUT2D eigenvalue weighted by Gasteiger charge is -2.34. The Bertz CT molecular complexity index is 370. The van der Waals surface area contributed by atoms with E-state index in [1.54, 1.807) is 0 Å². The van der Waals surface area contributed by atoms with E-state index in [1.165, 1.54) is 5.56 Å². The van der Waals surface area contributed by atoms with Crippen LogP contribution in [0.25, 0.3) is 0 Å². The lowest BCUT2D eigenvalue weighted by atomic mass is 10.2. The molecular formula is C15H28N4. The van der Waals surface area contributed by atoms with E-state index in [2.05, 4.69) is 40.5 Å². The minimum atomic E-state index is 0.899. The Labute approximate surface area is 117 Å². The maximum Gasteiger partial charge on any atom is 0.225 e. The molecule has 0 amide bonds. The number of hydrogen-bond acceptors (Lipinski definition) is 4. The molecule has 1 aromatic rings. The fourth-order valence-corrected chi connectivity index (χ4v) is 2.24. The third-order valence-electron chi connectivity index (χ3n) is 3.55. The highest BCUT2D eigenvalue weighted by molar-refractivity contribution is 5.33. The standard InChI is InChI=1S/C13H22N4.C2H6/c1-4-12-10-14-13(15-11(12)3)17-8-6-16(5-2)7-9-17;1-2/h10H,4-9H2,1-3H3;1-2H3. The van der Waals surface area contributed by atoms with Gasteiger partial charge in [0.05, 0.1) is 0 Å². The summed E-state index contributed by atoms with van der Waals surface area (Å²) in [6, 6.07) is 0. The number of piperazine rings is 1. The molecule has 0 N–H and O–H groups in total. The zero-order valence-corrected chi connectivity index (χ0v) is 13.1. The van der Waals surface area contributed by atoms with Crippen LogP contribution in [0.2, 0.25) is 0 Å². The number of hydrogen-bond donors (Lipinski definition) is 0. The van der Waals surface area contributed by atoms with Gasteiger partial charge in [-0.3, -0.25) is 0 Å². The van der Waals surface area contributed by atoms with Crippen LogP contribution in [0.1, 0.15) is 39.0 Å². The summed E-state index contributed by atoms with van der Waals surface area (Å²) in [5.74, 6) is 0.899. The Morgan fingerprint density at radius 3 is 2.21 bits per heavy atom. The first-order chi connectivity index (χ1) is 9.24. The largest absolute Gasteiger partial charge is 0.338 e. The Hall–Kier alpha value is -1.16. The summed E-state index contributed by atoms with van der Waals surface area (Å²) in [5.41, 5.74) is 2.37. The molecule has 0 unspecified atom stereocenters. The second-order valence-electron chi connectivity index (χ2n) is 4.56. The fraction of sp³-hybridized carbons (Fsp3) is 0.733. The minimum Gasteiger partial charge on any atom is -0.338 e. The summed E-state index contributed by atoms with van der Waals surface area (Å²) in [4.78, 5) is 13.8. The second kappa shape index (κ2) is 8.10. The van der Waals surface area contributed by atoms with Crippen molar-refractivity contribution in [2.45, 2.75) is 41.0 Å². The molecule has 1 aliphatic heterocycles. The van der Waals surface area contributed by atoms with E-state index in [-0.39, 0.29) is 0 Å². The molecule has 0 radical (unpaired) electrons. The van der Waals surface area contributed by atoms with Crippen LogP contribution in [-0.4, -0.2) is 47.6 Å². The van der Waals surface area contributed by atoms with E-state index < -0.39 is 0 Å². The molecule has 1 fully saturated rings. The van der Waals surface area contributed by atoms with E-state index in [4.69, 9.17) is 0 Å². The smallest absolute Gasteiger partial charge is 0.225 e. The summed E-state index contributed by atoms with van der Waals surface area (Å²) in [6.07, 6.45) is 2.99. The number of aromatic nitrogens is 2. The summed E-state index contributed by atoms with van der Waals surface area (Å²) < 4.78 is 0. The molecule has 0 spiro atoms. The average molecular weight is 264 g/mol. The molecule has 108 valence electrons. The van der Waals surface area contributed by atoms with Gasteiger partial charge in [-0.1, -0.05) is 27.7 Å². The zero-order chi connectivity index (χ0) is 14.3. The van der Waals surface area contributed by atoms with Crippen molar-refractivity contribution in [2.24, 2.45) is 0 Å². The third kappa shape index (κ3) is 4.16. The maximum absolute atomic E-state index is 4.61. The van der Waals surface area contributed by atoms with Crippen molar-refractivity contribution in [1.29, 1.82) is 0 Å². The molecule has 1 aliphatic rings. The van der Waals surface area contributed by atoms with Crippen molar-refractivity contribution in [3.63, 3.8) is 0 Å². The Morgan fingerprint density at radius 2 is 1.74 bits per heavy atom. The van der Waals surface area contributed by atoms with Gasteiger partial charge in [-0.25, -0.2) is 9.97 Å². The monoisotopic (exact) mass is 264 g/mol. The van der Waals surface area contributed by atoms with Crippen LogP contribution in [0.3, 0.4) is 0 Å². The zero-order valence-electron chi connectivity index (χ0n) is 13.1. The number of rotatable bonds is 3. The molecule has 0 bridgehead atoms. The number of likely N-dealkylation sites (N-methyl/N-ethyl adjacent to an activating group) is 1. The van der Waals surface area contributed by atoms with Crippen molar-refractivity contribution >= 4 is 5.95 Å². The molecule has 1 saturated heterocycles. The van der Waals surface area contributed by atoms with E-state index in [0.29, 0.717) is 0 Å². The van der Waals surface area contributed by atoms with Gasteiger partial charge in [0.1, 0.15) is 0 Å².